The minimum Gasteiger partial charge on any atom is -0.329 e. The van der Waals surface area contributed by atoms with Crippen molar-refractivity contribution >= 4 is 10.0 Å². The standard InChI is InChI=1S/C15H16F3N3O3S/c1-3-9-25(22,23)21-12(4-2)10-5-7-11(8-6-10)13-19-14(24-20-13)15(16,17)18/h3,5-9,12,21H,4H2,1-2H3/b9-3+. The fraction of sp³-hybridized carbons (Fsp3) is 0.333. The van der Waals surface area contributed by atoms with Gasteiger partial charge in [0.05, 0.1) is 0 Å². The lowest BCUT2D eigenvalue weighted by atomic mass is 10.0. The van der Waals surface area contributed by atoms with Gasteiger partial charge in [-0.05, 0) is 18.9 Å². The van der Waals surface area contributed by atoms with E-state index in [1.807, 2.05) is 6.92 Å². The van der Waals surface area contributed by atoms with E-state index in [9.17, 15) is 21.6 Å². The monoisotopic (exact) mass is 375 g/mol. The zero-order valence-electron chi connectivity index (χ0n) is 13.4. The van der Waals surface area contributed by atoms with E-state index in [2.05, 4.69) is 19.4 Å². The highest BCUT2D eigenvalue weighted by molar-refractivity contribution is 7.92. The molecule has 1 atom stereocenters. The normalized spacial score (nSPS) is 14.1. The van der Waals surface area contributed by atoms with Gasteiger partial charge in [0.1, 0.15) is 0 Å². The van der Waals surface area contributed by atoms with Gasteiger partial charge >= 0.3 is 12.1 Å². The van der Waals surface area contributed by atoms with Crippen LogP contribution in [-0.4, -0.2) is 18.6 Å². The van der Waals surface area contributed by atoms with Gasteiger partial charge in [-0.15, -0.1) is 0 Å². The molecule has 2 aromatic rings. The lowest BCUT2D eigenvalue weighted by molar-refractivity contribution is -0.159. The van der Waals surface area contributed by atoms with Crippen LogP contribution in [0, 0.1) is 0 Å². The lowest BCUT2D eigenvalue weighted by Gasteiger charge is -2.16. The smallest absolute Gasteiger partial charge is 0.329 e. The first-order valence-electron chi connectivity index (χ1n) is 7.32. The second-order valence-corrected chi connectivity index (χ2v) is 6.73. The Labute approximate surface area is 142 Å². The first-order valence-corrected chi connectivity index (χ1v) is 8.87. The number of nitrogens with zero attached hydrogens (tertiary/aromatic N) is 2. The molecule has 6 nitrogen and oxygen atoms in total. The van der Waals surface area contributed by atoms with Gasteiger partial charge in [-0.25, -0.2) is 13.1 Å². The molecule has 2 rings (SSSR count). The Morgan fingerprint density at radius 2 is 1.92 bits per heavy atom. The highest BCUT2D eigenvalue weighted by Crippen LogP contribution is 2.29. The number of allylic oxidation sites excluding steroid dienone is 1. The number of halogens is 3. The molecule has 1 aromatic heterocycles. The number of alkyl halides is 3. The molecule has 1 unspecified atom stereocenters. The van der Waals surface area contributed by atoms with E-state index in [0.29, 0.717) is 17.5 Å². The molecule has 0 saturated carbocycles. The maximum Gasteiger partial charge on any atom is 0.471 e. The second kappa shape index (κ2) is 7.36. The Balaban J connectivity index is 2.22. The van der Waals surface area contributed by atoms with Crippen molar-refractivity contribution < 1.29 is 26.1 Å². The highest BCUT2D eigenvalue weighted by atomic mass is 32.2. The first kappa shape index (κ1) is 19.1. The zero-order chi connectivity index (χ0) is 18.7. The van der Waals surface area contributed by atoms with Crippen LogP contribution in [0.4, 0.5) is 13.2 Å². The number of aromatic nitrogens is 2. The first-order chi connectivity index (χ1) is 11.7. The summed E-state index contributed by atoms with van der Waals surface area (Å²) in [6.07, 6.45) is -2.80. The van der Waals surface area contributed by atoms with E-state index in [1.54, 1.807) is 19.1 Å². The number of sulfonamides is 1. The van der Waals surface area contributed by atoms with Gasteiger partial charge in [0.2, 0.25) is 15.8 Å². The Bertz CT molecular complexity index is 843. The molecule has 0 fully saturated rings. The van der Waals surface area contributed by atoms with Gasteiger partial charge in [0.15, 0.2) is 0 Å². The topological polar surface area (TPSA) is 85.1 Å². The largest absolute Gasteiger partial charge is 0.471 e. The lowest BCUT2D eigenvalue weighted by Crippen LogP contribution is -2.26. The van der Waals surface area contributed by atoms with E-state index in [4.69, 9.17) is 0 Å². The van der Waals surface area contributed by atoms with Crippen LogP contribution in [0.5, 0.6) is 0 Å². The molecule has 25 heavy (non-hydrogen) atoms. The Morgan fingerprint density at radius 3 is 2.40 bits per heavy atom. The maximum atomic E-state index is 12.5. The van der Waals surface area contributed by atoms with Crippen LogP contribution in [0.3, 0.4) is 0 Å². The number of benzene rings is 1. The molecule has 0 aliphatic heterocycles. The van der Waals surface area contributed by atoms with Crippen LogP contribution in [-0.2, 0) is 16.2 Å². The summed E-state index contributed by atoms with van der Waals surface area (Å²) in [6, 6.07) is 5.75. The Morgan fingerprint density at radius 1 is 1.28 bits per heavy atom. The van der Waals surface area contributed by atoms with Crippen molar-refractivity contribution in [2.75, 3.05) is 0 Å². The van der Waals surface area contributed by atoms with Crippen molar-refractivity contribution in [1.82, 2.24) is 14.9 Å². The quantitative estimate of drug-likeness (QED) is 0.833. The molecule has 0 bridgehead atoms. The maximum absolute atomic E-state index is 12.5. The molecule has 0 radical (unpaired) electrons. The molecular formula is C15H16F3N3O3S. The van der Waals surface area contributed by atoms with Gasteiger partial charge < -0.3 is 4.52 Å². The van der Waals surface area contributed by atoms with E-state index >= 15 is 0 Å². The average molecular weight is 375 g/mol. The molecule has 0 saturated heterocycles. The Hall–Kier alpha value is -2.20. The number of hydrogen-bond donors (Lipinski definition) is 1. The van der Waals surface area contributed by atoms with E-state index in [-0.39, 0.29) is 5.82 Å². The van der Waals surface area contributed by atoms with E-state index < -0.39 is 28.1 Å². The summed E-state index contributed by atoms with van der Waals surface area (Å²) in [4.78, 5) is 3.31. The third kappa shape index (κ3) is 4.89. The minimum absolute atomic E-state index is 0.193. The highest BCUT2D eigenvalue weighted by Gasteiger charge is 2.38. The predicted octanol–water partition coefficient (Wildman–Crippen LogP) is 3.66. The van der Waals surface area contributed by atoms with Gasteiger partial charge in [-0.3, -0.25) is 0 Å². The third-order valence-corrected chi connectivity index (χ3v) is 4.51. The molecule has 0 aliphatic carbocycles. The van der Waals surface area contributed by atoms with Gasteiger partial charge in [0.25, 0.3) is 0 Å². The van der Waals surface area contributed by atoms with Crippen molar-refractivity contribution in [3.8, 4) is 11.4 Å². The van der Waals surface area contributed by atoms with Crippen LogP contribution < -0.4 is 4.72 Å². The Kier molecular flexibility index (Phi) is 5.63. The fourth-order valence-electron chi connectivity index (χ4n) is 2.12. The van der Waals surface area contributed by atoms with Gasteiger partial charge in [-0.2, -0.15) is 18.2 Å². The summed E-state index contributed by atoms with van der Waals surface area (Å²) in [6.45, 7) is 3.40. The van der Waals surface area contributed by atoms with Gasteiger partial charge in [-0.1, -0.05) is 42.4 Å². The summed E-state index contributed by atoms with van der Waals surface area (Å²) in [5.41, 5.74) is 0.994. The SMILES string of the molecule is C/C=C/S(=O)(=O)NC(CC)c1ccc(-c2noc(C(F)(F)F)n2)cc1. The van der Waals surface area contributed by atoms with E-state index in [1.165, 1.54) is 18.2 Å². The van der Waals surface area contributed by atoms with Crippen LogP contribution >= 0.6 is 0 Å². The fourth-order valence-corrected chi connectivity index (χ4v) is 3.26. The molecule has 0 aliphatic rings. The molecule has 10 heteroatoms. The van der Waals surface area contributed by atoms with Crippen molar-refractivity contribution in [3.05, 3.63) is 47.2 Å². The van der Waals surface area contributed by atoms with Gasteiger partial charge in [0, 0.05) is 17.0 Å². The summed E-state index contributed by atoms with van der Waals surface area (Å²) >= 11 is 0. The average Bonchev–Trinajstić information content (AvgIpc) is 3.03. The molecule has 0 amide bonds. The second-order valence-electron chi connectivity index (χ2n) is 5.14. The molecule has 136 valence electrons. The van der Waals surface area contributed by atoms with Crippen LogP contribution in [0.2, 0.25) is 0 Å². The number of hydrogen-bond acceptors (Lipinski definition) is 5. The van der Waals surface area contributed by atoms with Crippen molar-refractivity contribution in [1.29, 1.82) is 0 Å². The molecule has 1 aromatic carbocycles. The third-order valence-electron chi connectivity index (χ3n) is 3.27. The van der Waals surface area contributed by atoms with E-state index in [0.717, 1.165) is 5.41 Å². The van der Waals surface area contributed by atoms with Crippen LogP contribution in [0.1, 0.15) is 37.8 Å². The van der Waals surface area contributed by atoms with Crippen LogP contribution in [0.15, 0.2) is 40.3 Å². The zero-order valence-corrected chi connectivity index (χ0v) is 14.2. The number of rotatable bonds is 6. The summed E-state index contributed by atoms with van der Waals surface area (Å²) in [5.74, 6) is -1.61. The van der Waals surface area contributed by atoms with Crippen LogP contribution in [0.25, 0.3) is 11.4 Å². The molecule has 1 heterocycles. The summed E-state index contributed by atoms with van der Waals surface area (Å²) < 4.78 is 67.8. The predicted molar refractivity (Wildman–Crippen MR) is 84.6 cm³/mol. The summed E-state index contributed by atoms with van der Waals surface area (Å²) in [7, 11) is -3.56. The molecule has 0 spiro atoms. The molecular weight excluding hydrogens is 359 g/mol. The summed E-state index contributed by atoms with van der Waals surface area (Å²) in [5, 5.41) is 4.36. The van der Waals surface area contributed by atoms with Crippen molar-refractivity contribution in [2.45, 2.75) is 32.5 Å². The molecule has 1 N–H and O–H groups in total. The van der Waals surface area contributed by atoms with Crippen molar-refractivity contribution in [3.63, 3.8) is 0 Å². The minimum atomic E-state index is -4.70. The number of nitrogens with one attached hydrogen (secondary N) is 1. The van der Waals surface area contributed by atoms with Crippen molar-refractivity contribution in [2.24, 2.45) is 0 Å².